The summed E-state index contributed by atoms with van der Waals surface area (Å²) in [4.78, 5) is 10.3. The van der Waals surface area contributed by atoms with Crippen LogP contribution in [0.5, 0.6) is 11.5 Å². The third-order valence-electron chi connectivity index (χ3n) is 4.23. The predicted molar refractivity (Wildman–Crippen MR) is 100 cm³/mol. The van der Waals surface area contributed by atoms with Gasteiger partial charge < -0.3 is 9.47 Å². The fraction of sp³-hybridized carbons (Fsp3) is 0.333. The van der Waals surface area contributed by atoms with Crippen molar-refractivity contribution in [3.8, 4) is 11.5 Å². The van der Waals surface area contributed by atoms with Gasteiger partial charge in [-0.1, -0.05) is 6.07 Å². The zero-order valence-electron chi connectivity index (χ0n) is 15.2. The zero-order chi connectivity index (χ0) is 19.8. The predicted octanol–water partition coefficient (Wildman–Crippen LogP) is 3.43. The second-order valence-corrected chi connectivity index (χ2v) is 8.01. The van der Waals surface area contributed by atoms with Crippen molar-refractivity contribution in [2.75, 3.05) is 11.3 Å². The minimum atomic E-state index is -4.05. The van der Waals surface area contributed by atoms with E-state index in [1.54, 1.807) is 26.0 Å². The molecule has 144 valence electrons. The number of benzene rings is 2. The van der Waals surface area contributed by atoms with Crippen molar-refractivity contribution in [2.24, 2.45) is 0 Å². The molecule has 0 saturated carbocycles. The number of fused-ring (bicyclic) bond motifs is 1. The van der Waals surface area contributed by atoms with Gasteiger partial charge in [0.05, 0.1) is 22.1 Å². The molecule has 1 heterocycles. The molecule has 1 unspecified atom stereocenters. The first kappa shape index (κ1) is 19.0. The summed E-state index contributed by atoms with van der Waals surface area (Å²) in [5.74, 6) is 0.984. The largest absolute Gasteiger partial charge is 0.492 e. The van der Waals surface area contributed by atoms with Crippen molar-refractivity contribution < 1.29 is 22.8 Å². The summed E-state index contributed by atoms with van der Waals surface area (Å²) in [6.07, 6.45) is 0.716. The number of ether oxygens (including phenoxy) is 2. The molecule has 0 spiro atoms. The fourth-order valence-electron chi connectivity index (χ4n) is 2.95. The van der Waals surface area contributed by atoms with E-state index >= 15 is 0 Å². The van der Waals surface area contributed by atoms with Crippen LogP contribution in [-0.4, -0.2) is 26.1 Å². The van der Waals surface area contributed by atoms with Gasteiger partial charge in [-0.3, -0.25) is 14.8 Å². The third kappa shape index (κ3) is 3.82. The van der Waals surface area contributed by atoms with Crippen LogP contribution in [0.3, 0.4) is 0 Å². The van der Waals surface area contributed by atoms with Crippen LogP contribution in [0.4, 0.5) is 11.4 Å². The van der Waals surface area contributed by atoms with E-state index < -0.39 is 14.9 Å². The first-order chi connectivity index (χ1) is 12.7. The van der Waals surface area contributed by atoms with Gasteiger partial charge in [0.2, 0.25) is 0 Å². The number of hydrogen-bond acceptors (Lipinski definition) is 6. The topological polar surface area (TPSA) is 108 Å². The molecular formula is C18H20N2O6S. The number of hydrogen-bond donors (Lipinski definition) is 1. The van der Waals surface area contributed by atoms with Crippen LogP contribution in [0.25, 0.3) is 0 Å². The zero-order valence-corrected chi connectivity index (χ0v) is 16.0. The molecule has 8 nitrogen and oxygen atoms in total. The molecule has 0 amide bonds. The number of anilines is 1. The summed E-state index contributed by atoms with van der Waals surface area (Å²) in [7, 11) is -4.05. The Bertz CT molecular complexity index is 1000. The Morgan fingerprint density at radius 3 is 2.74 bits per heavy atom. The van der Waals surface area contributed by atoms with Crippen molar-refractivity contribution >= 4 is 21.4 Å². The lowest BCUT2D eigenvalue weighted by Gasteiger charge is -2.15. The fourth-order valence-corrected chi connectivity index (χ4v) is 4.03. The van der Waals surface area contributed by atoms with Crippen LogP contribution in [-0.2, 0) is 16.4 Å². The average Bonchev–Trinajstić information content (AvgIpc) is 2.94. The van der Waals surface area contributed by atoms with Gasteiger partial charge in [-0.2, -0.15) is 0 Å². The van der Waals surface area contributed by atoms with Crippen molar-refractivity contribution in [3.05, 3.63) is 51.6 Å². The lowest BCUT2D eigenvalue weighted by Crippen LogP contribution is -2.14. The maximum Gasteiger partial charge on any atom is 0.273 e. The highest BCUT2D eigenvalue weighted by Gasteiger charge is 2.25. The molecule has 1 aliphatic rings. The monoisotopic (exact) mass is 392 g/mol. The van der Waals surface area contributed by atoms with Crippen LogP contribution >= 0.6 is 0 Å². The third-order valence-corrected chi connectivity index (χ3v) is 5.59. The van der Waals surface area contributed by atoms with Crippen LogP contribution in [0.15, 0.2) is 35.2 Å². The first-order valence-corrected chi connectivity index (χ1v) is 9.94. The van der Waals surface area contributed by atoms with Gasteiger partial charge in [-0.05, 0) is 32.9 Å². The standard InChI is InChI=1S/C18H20N2O6S/c1-4-25-18-8-13-7-12(3)26-17(13)10-15(18)19-27(23,24)14-6-5-11(2)16(9-14)20(21)22/h5-6,8-10,12,19H,4,7H2,1-3H3. The molecule has 1 atom stereocenters. The lowest BCUT2D eigenvalue weighted by atomic mass is 10.1. The summed E-state index contributed by atoms with van der Waals surface area (Å²) in [6.45, 7) is 5.64. The molecular weight excluding hydrogens is 372 g/mol. The molecule has 27 heavy (non-hydrogen) atoms. The number of nitrogens with zero attached hydrogens (tertiary/aromatic N) is 1. The van der Waals surface area contributed by atoms with Gasteiger partial charge in [-0.25, -0.2) is 8.42 Å². The van der Waals surface area contributed by atoms with Crippen LogP contribution in [0.2, 0.25) is 0 Å². The Morgan fingerprint density at radius 2 is 2.07 bits per heavy atom. The number of sulfonamides is 1. The quantitative estimate of drug-likeness (QED) is 0.596. The highest BCUT2D eigenvalue weighted by Crippen LogP contribution is 2.39. The molecule has 2 aromatic rings. The molecule has 0 fully saturated rings. The van der Waals surface area contributed by atoms with Crippen LogP contribution in [0.1, 0.15) is 25.0 Å². The minimum Gasteiger partial charge on any atom is -0.492 e. The maximum absolute atomic E-state index is 12.8. The molecule has 0 aliphatic carbocycles. The van der Waals surface area contributed by atoms with Gasteiger partial charge in [0.1, 0.15) is 17.6 Å². The highest BCUT2D eigenvalue weighted by atomic mass is 32.2. The highest BCUT2D eigenvalue weighted by molar-refractivity contribution is 7.92. The van der Waals surface area contributed by atoms with E-state index in [9.17, 15) is 18.5 Å². The van der Waals surface area contributed by atoms with Crippen molar-refractivity contribution in [1.29, 1.82) is 0 Å². The van der Waals surface area contributed by atoms with E-state index in [0.29, 0.717) is 30.1 Å². The maximum atomic E-state index is 12.8. The van der Waals surface area contributed by atoms with Crippen molar-refractivity contribution in [3.63, 3.8) is 0 Å². The van der Waals surface area contributed by atoms with E-state index in [1.807, 2.05) is 6.92 Å². The number of nitro groups is 1. The molecule has 9 heteroatoms. The second-order valence-electron chi connectivity index (χ2n) is 6.33. The number of nitro benzene ring substituents is 1. The molecule has 2 aromatic carbocycles. The smallest absolute Gasteiger partial charge is 0.273 e. The normalized spacial score (nSPS) is 15.7. The Balaban J connectivity index is 2.00. The number of aryl methyl sites for hydroxylation is 1. The van der Waals surface area contributed by atoms with Gasteiger partial charge >= 0.3 is 0 Å². The Morgan fingerprint density at radius 1 is 1.33 bits per heavy atom. The SMILES string of the molecule is CCOc1cc2c(cc1NS(=O)(=O)c1ccc(C)c([N+](=O)[O-])c1)OC(C)C2. The number of nitrogens with one attached hydrogen (secondary N) is 1. The molecule has 0 radical (unpaired) electrons. The Kier molecular flexibility index (Phi) is 4.97. The second kappa shape index (κ2) is 7.07. The number of rotatable bonds is 6. The van der Waals surface area contributed by atoms with Crippen molar-refractivity contribution in [1.82, 2.24) is 0 Å². The van der Waals surface area contributed by atoms with Crippen molar-refractivity contribution in [2.45, 2.75) is 38.2 Å². The van der Waals surface area contributed by atoms with E-state index in [2.05, 4.69) is 4.72 Å². The van der Waals surface area contributed by atoms with Crippen LogP contribution < -0.4 is 14.2 Å². The molecule has 0 saturated heterocycles. The summed E-state index contributed by atoms with van der Waals surface area (Å²) in [5.41, 5.74) is 1.30. The molecule has 1 N–H and O–H groups in total. The lowest BCUT2D eigenvalue weighted by molar-refractivity contribution is -0.385. The van der Waals surface area contributed by atoms with E-state index in [-0.39, 0.29) is 22.4 Å². The molecule has 0 aromatic heterocycles. The first-order valence-electron chi connectivity index (χ1n) is 8.45. The van der Waals surface area contributed by atoms with E-state index in [4.69, 9.17) is 9.47 Å². The molecule has 3 rings (SSSR count). The van der Waals surface area contributed by atoms with Gasteiger partial charge in [-0.15, -0.1) is 0 Å². The van der Waals surface area contributed by atoms with Gasteiger partial charge in [0.15, 0.2) is 0 Å². The van der Waals surface area contributed by atoms with E-state index in [0.717, 1.165) is 11.6 Å². The minimum absolute atomic E-state index is 0.00100. The molecule has 0 bridgehead atoms. The average molecular weight is 392 g/mol. The summed E-state index contributed by atoms with van der Waals surface area (Å²) >= 11 is 0. The molecule has 1 aliphatic heterocycles. The Labute approximate surface area is 157 Å². The van der Waals surface area contributed by atoms with Gasteiger partial charge in [0, 0.05) is 29.7 Å². The summed E-state index contributed by atoms with van der Waals surface area (Å²) in [6, 6.07) is 7.13. The van der Waals surface area contributed by atoms with E-state index in [1.165, 1.54) is 12.1 Å². The van der Waals surface area contributed by atoms with Gasteiger partial charge in [0.25, 0.3) is 15.7 Å². The Hall–Kier alpha value is -2.81. The summed E-state index contributed by atoms with van der Waals surface area (Å²) in [5, 5.41) is 11.1. The summed E-state index contributed by atoms with van der Waals surface area (Å²) < 4.78 is 39.3. The van der Waals surface area contributed by atoms with Crippen LogP contribution in [0, 0.1) is 17.0 Å².